The summed E-state index contributed by atoms with van der Waals surface area (Å²) < 4.78 is 0. The average molecular weight is 239 g/mol. The molecule has 0 N–H and O–H groups in total. The van der Waals surface area contributed by atoms with E-state index in [9.17, 15) is 0 Å². The van der Waals surface area contributed by atoms with E-state index in [-0.39, 0.29) is 0 Å². The Morgan fingerprint density at radius 3 is 2.18 bits per heavy atom. The molecule has 1 saturated heterocycles. The lowest BCUT2D eigenvalue weighted by Crippen LogP contribution is -2.35. The first-order valence-corrected chi connectivity index (χ1v) is 7.73. The first-order valence-electron chi connectivity index (χ1n) is 7.73. The van der Waals surface area contributed by atoms with E-state index in [0.29, 0.717) is 5.41 Å². The van der Waals surface area contributed by atoms with Gasteiger partial charge in [-0.25, -0.2) is 0 Å². The smallest absolute Gasteiger partial charge is 0.00161 e. The van der Waals surface area contributed by atoms with Gasteiger partial charge in [0.1, 0.15) is 0 Å². The molecule has 0 saturated carbocycles. The van der Waals surface area contributed by atoms with Crippen molar-refractivity contribution in [2.24, 2.45) is 11.3 Å². The Balaban J connectivity index is 2.09. The van der Waals surface area contributed by atoms with Gasteiger partial charge in [-0.15, -0.1) is 0 Å². The summed E-state index contributed by atoms with van der Waals surface area (Å²) in [5.41, 5.74) is 0.522. The molecule has 0 spiro atoms. The van der Waals surface area contributed by atoms with Crippen LogP contribution in [0.3, 0.4) is 0 Å². The monoisotopic (exact) mass is 239 g/mol. The molecule has 0 aromatic heterocycles. The van der Waals surface area contributed by atoms with Gasteiger partial charge in [-0.2, -0.15) is 0 Å². The molecule has 1 fully saturated rings. The van der Waals surface area contributed by atoms with E-state index in [2.05, 4.69) is 32.6 Å². The Labute approximate surface area is 109 Å². The Morgan fingerprint density at radius 2 is 1.65 bits per heavy atom. The second-order valence-corrected chi connectivity index (χ2v) is 7.11. The molecule has 0 unspecified atom stereocenters. The van der Waals surface area contributed by atoms with Crippen LogP contribution in [0.2, 0.25) is 0 Å². The molecule has 1 aliphatic heterocycles. The molecule has 17 heavy (non-hydrogen) atoms. The van der Waals surface area contributed by atoms with Crippen molar-refractivity contribution in [1.29, 1.82) is 0 Å². The minimum Gasteiger partial charge on any atom is -0.303 e. The number of unbranched alkanes of at least 4 members (excludes halogenated alkanes) is 3. The highest BCUT2D eigenvalue weighted by atomic mass is 15.1. The SMILES string of the molecule is CCCCCCN1CCC(CC(C)(C)C)CC1. The predicted molar refractivity (Wildman–Crippen MR) is 77.4 cm³/mol. The summed E-state index contributed by atoms with van der Waals surface area (Å²) >= 11 is 0. The van der Waals surface area contributed by atoms with E-state index in [0.717, 1.165) is 5.92 Å². The second-order valence-electron chi connectivity index (χ2n) is 7.11. The molecule has 1 nitrogen and oxygen atoms in total. The molecule has 0 atom stereocenters. The molecular weight excluding hydrogens is 206 g/mol. The van der Waals surface area contributed by atoms with Crippen LogP contribution in [0.5, 0.6) is 0 Å². The molecule has 0 amide bonds. The van der Waals surface area contributed by atoms with E-state index >= 15 is 0 Å². The Bertz CT molecular complexity index is 184. The number of piperidine rings is 1. The maximum atomic E-state index is 2.69. The van der Waals surface area contributed by atoms with Gasteiger partial charge in [-0.05, 0) is 56.7 Å². The van der Waals surface area contributed by atoms with Crippen LogP contribution in [0.1, 0.15) is 72.6 Å². The summed E-state index contributed by atoms with van der Waals surface area (Å²) in [7, 11) is 0. The number of likely N-dealkylation sites (tertiary alicyclic amines) is 1. The van der Waals surface area contributed by atoms with Crippen LogP contribution >= 0.6 is 0 Å². The Morgan fingerprint density at radius 1 is 1.00 bits per heavy atom. The van der Waals surface area contributed by atoms with Gasteiger partial charge in [-0.3, -0.25) is 0 Å². The van der Waals surface area contributed by atoms with Crippen LogP contribution in [0.25, 0.3) is 0 Å². The van der Waals surface area contributed by atoms with Crippen molar-refractivity contribution in [1.82, 2.24) is 4.90 Å². The average Bonchev–Trinajstić information content (AvgIpc) is 2.25. The Kier molecular flexibility index (Phi) is 6.54. The third kappa shape index (κ3) is 7.08. The van der Waals surface area contributed by atoms with E-state index < -0.39 is 0 Å². The van der Waals surface area contributed by atoms with Crippen LogP contribution in [-0.2, 0) is 0 Å². The fraction of sp³-hybridized carbons (Fsp3) is 1.00. The number of rotatable bonds is 6. The minimum atomic E-state index is 0.522. The molecule has 0 aliphatic carbocycles. The first kappa shape index (κ1) is 15.0. The largest absolute Gasteiger partial charge is 0.303 e. The number of hydrogen-bond donors (Lipinski definition) is 0. The van der Waals surface area contributed by atoms with Crippen LogP contribution in [-0.4, -0.2) is 24.5 Å². The van der Waals surface area contributed by atoms with Gasteiger partial charge < -0.3 is 4.90 Å². The summed E-state index contributed by atoms with van der Waals surface area (Å²) in [5, 5.41) is 0. The third-order valence-corrected chi connectivity index (χ3v) is 3.94. The maximum Gasteiger partial charge on any atom is -0.00161 e. The molecule has 0 radical (unpaired) electrons. The van der Waals surface area contributed by atoms with Gasteiger partial charge in [0.15, 0.2) is 0 Å². The van der Waals surface area contributed by atoms with Crippen molar-refractivity contribution < 1.29 is 0 Å². The van der Waals surface area contributed by atoms with Gasteiger partial charge in [-0.1, -0.05) is 47.0 Å². The van der Waals surface area contributed by atoms with Crippen molar-refractivity contribution in [2.45, 2.75) is 72.6 Å². The fourth-order valence-electron chi connectivity index (χ4n) is 3.04. The van der Waals surface area contributed by atoms with Crippen molar-refractivity contribution >= 4 is 0 Å². The molecule has 0 bridgehead atoms. The molecule has 1 aliphatic rings. The summed E-state index contributed by atoms with van der Waals surface area (Å²) in [5.74, 6) is 0.988. The quantitative estimate of drug-likeness (QED) is 0.606. The number of nitrogens with zero attached hydrogens (tertiary/aromatic N) is 1. The summed E-state index contributed by atoms with van der Waals surface area (Å²) in [6.07, 6.45) is 9.90. The minimum absolute atomic E-state index is 0.522. The van der Waals surface area contributed by atoms with E-state index in [4.69, 9.17) is 0 Å². The van der Waals surface area contributed by atoms with Gasteiger partial charge in [0.2, 0.25) is 0 Å². The highest BCUT2D eigenvalue weighted by Gasteiger charge is 2.23. The molecule has 1 heterocycles. The zero-order valence-electron chi connectivity index (χ0n) is 12.6. The summed E-state index contributed by atoms with van der Waals surface area (Å²) in [6, 6.07) is 0. The third-order valence-electron chi connectivity index (χ3n) is 3.94. The van der Waals surface area contributed by atoms with Crippen LogP contribution in [0.4, 0.5) is 0 Å². The van der Waals surface area contributed by atoms with Crippen molar-refractivity contribution in [2.75, 3.05) is 19.6 Å². The highest BCUT2D eigenvalue weighted by molar-refractivity contribution is 4.76. The molecule has 0 aromatic carbocycles. The second kappa shape index (κ2) is 7.41. The zero-order valence-corrected chi connectivity index (χ0v) is 12.6. The van der Waals surface area contributed by atoms with E-state index in [1.165, 1.54) is 64.6 Å². The lowest BCUT2D eigenvalue weighted by atomic mass is 9.80. The number of hydrogen-bond acceptors (Lipinski definition) is 1. The molecule has 0 aromatic rings. The topological polar surface area (TPSA) is 3.24 Å². The molecule has 1 rings (SSSR count). The maximum absolute atomic E-state index is 2.69. The van der Waals surface area contributed by atoms with Crippen LogP contribution in [0.15, 0.2) is 0 Å². The summed E-state index contributed by atoms with van der Waals surface area (Å²) in [4.78, 5) is 2.69. The van der Waals surface area contributed by atoms with Crippen molar-refractivity contribution in [3.63, 3.8) is 0 Å². The van der Waals surface area contributed by atoms with Gasteiger partial charge >= 0.3 is 0 Å². The van der Waals surface area contributed by atoms with Gasteiger partial charge in [0.05, 0.1) is 0 Å². The zero-order chi connectivity index (χ0) is 12.7. The van der Waals surface area contributed by atoms with Crippen molar-refractivity contribution in [3.05, 3.63) is 0 Å². The normalized spacial score (nSPS) is 19.8. The molecular formula is C16H33N. The fourth-order valence-corrected chi connectivity index (χ4v) is 3.04. The predicted octanol–water partition coefficient (Wildman–Crippen LogP) is 4.71. The lowest BCUT2D eigenvalue weighted by molar-refractivity contribution is 0.150. The first-order chi connectivity index (χ1) is 8.01. The van der Waals surface area contributed by atoms with Gasteiger partial charge in [0.25, 0.3) is 0 Å². The van der Waals surface area contributed by atoms with Crippen LogP contribution in [0, 0.1) is 11.3 Å². The van der Waals surface area contributed by atoms with E-state index in [1.807, 2.05) is 0 Å². The standard InChI is InChI=1S/C16H33N/c1-5-6-7-8-11-17-12-9-15(10-13-17)14-16(2,3)4/h15H,5-14H2,1-4H3. The van der Waals surface area contributed by atoms with Gasteiger partial charge in [0, 0.05) is 0 Å². The van der Waals surface area contributed by atoms with Crippen molar-refractivity contribution in [3.8, 4) is 0 Å². The highest BCUT2D eigenvalue weighted by Crippen LogP contribution is 2.30. The summed E-state index contributed by atoms with van der Waals surface area (Å²) in [6.45, 7) is 13.5. The Hall–Kier alpha value is -0.0400. The molecule has 102 valence electrons. The van der Waals surface area contributed by atoms with E-state index in [1.54, 1.807) is 0 Å². The molecule has 1 heteroatoms. The lowest BCUT2D eigenvalue weighted by Gasteiger charge is -2.35. The van der Waals surface area contributed by atoms with Crippen LogP contribution < -0.4 is 0 Å².